The van der Waals surface area contributed by atoms with Crippen LogP contribution >= 0.6 is 0 Å². The van der Waals surface area contributed by atoms with Crippen molar-refractivity contribution in [1.29, 1.82) is 0 Å². The van der Waals surface area contributed by atoms with E-state index in [-0.39, 0.29) is 0 Å². The molecule has 0 aromatic heterocycles. The van der Waals surface area contributed by atoms with Crippen molar-refractivity contribution in [2.75, 3.05) is 0 Å². The van der Waals surface area contributed by atoms with Crippen molar-refractivity contribution in [2.24, 2.45) is 23.7 Å². The number of carbonyl (C=O) groups excluding carboxylic acids is 4. The Balaban J connectivity index is 1.39. The molecular weight excluding hydrogens is 316 g/mol. The molecule has 0 aromatic rings. The number of ether oxygens (including phenoxy) is 2. The topological polar surface area (TPSA) is 93.2 Å². The largest absolute Gasteiger partial charge is 0.365 e. The third-order valence-electron chi connectivity index (χ3n) is 5.97. The van der Waals surface area contributed by atoms with Gasteiger partial charge in [0.05, 0.1) is 48.1 Å². The molecule has 4 fully saturated rings. The van der Waals surface area contributed by atoms with Gasteiger partial charge in [-0.3, -0.25) is 19.2 Å². The van der Waals surface area contributed by atoms with E-state index in [0.717, 1.165) is 10.0 Å². The number of hydrogen-bond donors (Lipinski definition) is 0. The first-order chi connectivity index (χ1) is 11.6. The number of imide groups is 2. The van der Waals surface area contributed by atoms with E-state index in [4.69, 9.17) is 9.47 Å². The minimum Gasteiger partial charge on any atom is -0.365 e. The first-order valence-electron chi connectivity index (χ1n) is 8.01. The third kappa shape index (κ3) is 1.20. The van der Waals surface area contributed by atoms with Gasteiger partial charge in [0.25, 0.3) is 23.6 Å². The van der Waals surface area contributed by atoms with Gasteiger partial charge in [-0.1, -0.05) is 24.3 Å². The van der Waals surface area contributed by atoms with Gasteiger partial charge < -0.3 is 9.47 Å². The van der Waals surface area contributed by atoms with Gasteiger partial charge in [-0.25, -0.2) is 0 Å². The Hall–Kier alpha value is -2.32. The zero-order chi connectivity index (χ0) is 16.3. The molecule has 8 nitrogen and oxygen atoms in total. The van der Waals surface area contributed by atoms with Crippen LogP contribution in [0.15, 0.2) is 24.3 Å². The summed E-state index contributed by atoms with van der Waals surface area (Å²) < 4.78 is 11.1. The molecule has 0 aliphatic carbocycles. The van der Waals surface area contributed by atoms with Crippen LogP contribution in [0.4, 0.5) is 0 Å². The highest BCUT2D eigenvalue weighted by molar-refractivity contribution is 6.14. The van der Waals surface area contributed by atoms with Crippen LogP contribution in [0.5, 0.6) is 0 Å². The second kappa shape index (κ2) is 3.84. The maximum Gasteiger partial charge on any atom is 0.255 e. The van der Waals surface area contributed by atoms with E-state index in [2.05, 4.69) is 0 Å². The monoisotopic (exact) mass is 328 g/mol. The van der Waals surface area contributed by atoms with Crippen LogP contribution < -0.4 is 0 Å². The quantitative estimate of drug-likeness (QED) is 0.442. The van der Waals surface area contributed by atoms with E-state index in [1.165, 1.54) is 0 Å². The Morgan fingerprint density at radius 3 is 1.04 bits per heavy atom. The standard InChI is InChI=1S/C16H12N2O6/c19-13-9-5-1-2-6(23-5)10(9)14(20)17(13)18-15(21)11-7-3-4-8(24-7)12(11)16(18)22/h1-12H/t5-,6-,7-,8-,9-,10+,11-,12+/m1/s1. The normalized spacial score (nSPS) is 50.0. The average Bonchev–Trinajstić information content (AvgIpc) is 3.36. The van der Waals surface area contributed by atoms with E-state index < -0.39 is 71.7 Å². The van der Waals surface area contributed by atoms with E-state index in [1.807, 2.05) is 0 Å². The van der Waals surface area contributed by atoms with Crippen molar-refractivity contribution >= 4 is 23.6 Å². The van der Waals surface area contributed by atoms with Gasteiger partial charge >= 0.3 is 0 Å². The molecule has 0 spiro atoms. The Kier molecular flexibility index (Phi) is 2.08. The van der Waals surface area contributed by atoms with E-state index >= 15 is 0 Å². The van der Waals surface area contributed by atoms with Crippen LogP contribution in [0.25, 0.3) is 0 Å². The van der Waals surface area contributed by atoms with Gasteiger partial charge in [-0.15, -0.1) is 0 Å². The zero-order valence-electron chi connectivity index (χ0n) is 12.3. The third-order valence-corrected chi connectivity index (χ3v) is 5.97. The number of amides is 4. The predicted octanol–water partition coefficient (Wildman–Crippen LogP) is -1.22. The number of rotatable bonds is 1. The molecule has 122 valence electrons. The summed E-state index contributed by atoms with van der Waals surface area (Å²) in [5.41, 5.74) is 0. The number of carbonyl (C=O) groups is 4. The summed E-state index contributed by atoms with van der Waals surface area (Å²) in [6, 6.07) is 0. The van der Waals surface area contributed by atoms with Gasteiger partial charge in [-0.05, 0) is 0 Å². The summed E-state index contributed by atoms with van der Waals surface area (Å²) in [4.78, 5) is 51.0. The van der Waals surface area contributed by atoms with Gasteiger partial charge in [0, 0.05) is 0 Å². The van der Waals surface area contributed by atoms with Crippen LogP contribution in [0.2, 0.25) is 0 Å². The number of hydrazine groups is 1. The fourth-order valence-corrected chi connectivity index (χ4v) is 4.97. The van der Waals surface area contributed by atoms with Crippen molar-refractivity contribution < 1.29 is 28.7 Å². The van der Waals surface area contributed by atoms with Gasteiger partial charge in [0.2, 0.25) is 0 Å². The summed E-state index contributed by atoms with van der Waals surface area (Å²) in [6.45, 7) is 0. The summed E-state index contributed by atoms with van der Waals surface area (Å²) >= 11 is 0. The average molecular weight is 328 g/mol. The smallest absolute Gasteiger partial charge is 0.255 e. The molecule has 0 saturated carbocycles. The molecule has 8 atom stereocenters. The van der Waals surface area contributed by atoms with Crippen LogP contribution in [0.1, 0.15) is 0 Å². The van der Waals surface area contributed by atoms with Crippen molar-refractivity contribution in [2.45, 2.75) is 24.4 Å². The molecule has 6 heterocycles. The highest BCUT2D eigenvalue weighted by Crippen LogP contribution is 2.49. The predicted molar refractivity (Wildman–Crippen MR) is 73.3 cm³/mol. The lowest BCUT2D eigenvalue weighted by atomic mass is 9.85. The molecule has 4 saturated heterocycles. The molecule has 0 N–H and O–H groups in total. The van der Waals surface area contributed by atoms with E-state index in [9.17, 15) is 19.2 Å². The SMILES string of the molecule is O=C1[C@@H]2[C@H](C(=O)N1N1C(=O)[C@@H]3[C@H](C1=O)[C@H]1C=C[C@H]3O1)[C@H]1C=C[C@H]2O1. The van der Waals surface area contributed by atoms with Crippen molar-refractivity contribution in [3.05, 3.63) is 24.3 Å². The summed E-state index contributed by atoms with van der Waals surface area (Å²) in [7, 11) is 0. The molecule has 6 rings (SSSR count). The summed E-state index contributed by atoms with van der Waals surface area (Å²) in [5.74, 6) is -4.65. The van der Waals surface area contributed by atoms with E-state index in [0.29, 0.717) is 0 Å². The Bertz CT molecular complexity index is 676. The minimum absolute atomic E-state index is 0.449. The van der Waals surface area contributed by atoms with Crippen LogP contribution in [0.3, 0.4) is 0 Å². The van der Waals surface area contributed by atoms with Crippen LogP contribution in [-0.2, 0) is 28.7 Å². The lowest BCUT2D eigenvalue weighted by Crippen LogP contribution is -2.52. The van der Waals surface area contributed by atoms with Crippen molar-refractivity contribution in [1.82, 2.24) is 10.0 Å². The van der Waals surface area contributed by atoms with Gasteiger partial charge in [-0.2, -0.15) is 10.0 Å². The number of fused-ring (bicyclic) bond motifs is 10. The second-order valence-corrected chi connectivity index (χ2v) is 6.98. The van der Waals surface area contributed by atoms with Crippen LogP contribution in [-0.4, -0.2) is 58.1 Å². The molecule has 6 aliphatic heterocycles. The molecule has 24 heavy (non-hydrogen) atoms. The van der Waals surface area contributed by atoms with Crippen molar-refractivity contribution in [3.63, 3.8) is 0 Å². The Morgan fingerprint density at radius 1 is 0.542 bits per heavy atom. The van der Waals surface area contributed by atoms with Gasteiger partial charge in [0.15, 0.2) is 0 Å². The number of hydrogen-bond acceptors (Lipinski definition) is 6. The zero-order valence-corrected chi connectivity index (χ0v) is 12.3. The fraction of sp³-hybridized carbons (Fsp3) is 0.500. The Labute approximate surface area is 135 Å². The minimum atomic E-state index is -0.639. The molecule has 6 aliphatic rings. The number of nitrogens with zero attached hydrogens (tertiary/aromatic N) is 2. The van der Waals surface area contributed by atoms with Crippen molar-refractivity contribution in [3.8, 4) is 0 Å². The molecule has 8 heteroatoms. The molecular formula is C16H12N2O6. The van der Waals surface area contributed by atoms with Crippen LogP contribution in [0, 0.1) is 23.7 Å². The molecule has 0 radical (unpaired) electrons. The highest BCUT2D eigenvalue weighted by Gasteiger charge is 2.68. The first kappa shape index (κ1) is 13.0. The molecule has 0 unspecified atom stereocenters. The maximum atomic E-state index is 12.8. The maximum absolute atomic E-state index is 12.8. The molecule has 0 aromatic carbocycles. The second-order valence-electron chi connectivity index (χ2n) is 6.98. The van der Waals surface area contributed by atoms with Gasteiger partial charge in [0.1, 0.15) is 0 Å². The highest BCUT2D eigenvalue weighted by atomic mass is 16.5. The summed E-state index contributed by atoms with van der Waals surface area (Å²) in [6.07, 6.45) is 5.26. The molecule has 4 amide bonds. The first-order valence-corrected chi connectivity index (χ1v) is 8.01. The lowest BCUT2D eigenvalue weighted by molar-refractivity contribution is -0.176. The Morgan fingerprint density at radius 2 is 0.792 bits per heavy atom. The molecule has 4 bridgehead atoms. The lowest BCUT2D eigenvalue weighted by Gasteiger charge is -2.26. The summed E-state index contributed by atoms with van der Waals surface area (Å²) in [5, 5.41) is 1.54. The fourth-order valence-electron chi connectivity index (χ4n) is 4.97. The van der Waals surface area contributed by atoms with E-state index in [1.54, 1.807) is 24.3 Å².